The minimum atomic E-state index is -0.866. The van der Waals surface area contributed by atoms with Crippen molar-refractivity contribution in [2.45, 2.75) is 13.3 Å². The number of ether oxygens (including phenoxy) is 1. The number of carboxylic acids is 1. The molecule has 0 amide bonds. The van der Waals surface area contributed by atoms with Gasteiger partial charge in [-0.1, -0.05) is 47.6 Å². The van der Waals surface area contributed by atoms with E-state index in [0.717, 1.165) is 33.7 Å². The van der Waals surface area contributed by atoms with Gasteiger partial charge in [-0.2, -0.15) is 0 Å². The van der Waals surface area contributed by atoms with Crippen LogP contribution in [0.3, 0.4) is 0 Å². The fourth-order valence-electron chi connectivity index (χ4n) is 3.32. The van der Waals surface area contributed by atoms with Crippen LogP contribution in [0.5, 0.6) is 5.75 Å². The van der Waals surface area contributed by atoms with E-state index in [1.54, 1.807) is 18.3 Å². The van der Waals surface area contributed by atoms with E-state index in [1.165, 1.54) is 0 Å². The Balaban J connectivity index is 1.61. The van der Waals surface area contributed by atoms with Crippen molar-refractivity contribution in [2.75, 3.05) is 33.9 Å². The summed E-state index contributed by atoms with van der Waals surface area (Å²) < 4.78 is 5.79. The number of carboxylic acid groups (broad SMARTS) is 1. The number of likely N-dealkylation sites (N-methyl/N-ethyl adjacent to an activating group) is 1. The third-order valence-corrected chi connectivity index (χ3v) is 4.99. The van der Waals surface area contributed by atoms with Crippen molar-refractivity contribution in [1.29, 1.82) is 0 Å². The van der Waals surface area contributed by atoms with E-state index in [2.05, 4.69) is 10.1 Å². The van der Waals surface area contributed by atoms with Crippen molar-refractivity contribution in [3.05, 3.63) is 83.6 Å². The van der Waals surface area contributed by atoms with Gasteiger partial charge in [-0.3, -0.25) is 9.78 Å². The van der Waals surface area contributed by atoms with Crippen LogP contribution in [0.2, 0.25) is 0 Å². The molecule has 7 nitrogen and oxygen atoms in total. The van der Waals surface area contributed by atoms with E-state index in [1.807, 2.05) is 74.4 Å². The average Bonchev–Trinajstić information content (AvgIpc) is 2.80. The number of pyridine rings is 1. The number of rotatable bonds is 11. The number of nitrogens with zero attached hydrogens (tertiary/aromatic N) is 3. The molecule has 0 radical (unpaired) electrons. The topological polar surface area (TPSA) is 84.2 Å². The van der Waals surface area contributed by atoms with Gasteiger partial charge in [0, 0.05) is 23.9 Å². The number of benzene rings is 2. The molecule has 1 heterocycles. The first-order valence-electron chi connectivity index (χ1n) is 10.7. The summed E-state index contributed by atoms with van der Waals surface area (Å²) in [7, 11) is 3.96. The van der Waals surface area contributed by atoms with E-state index in [4.69, 9.17) is 14.7 Å². The molecule has 0 spiro atoms. The lowest BCUT2D eigenvalue weighted by atomic mass is 10.1. The molecule has 0 aliphatic heterocycles. The molecule has 0 aliphatic carbocycles. The monoisotopic (exact) mass is 447 g/mol. The molecule has 0 unspecified atom stereocenters. The minimum absolute atomic E-state index is 0.0309. The van der Waals surface area contributed by atoms with Crippen LogP contribution in [-0.2, 0) is 16.1 Å². The van der Waals surface area contributed by atoms with Gasteiger partial charge in [0.25, 0.3) is 0 Å². The molecule has 7 heteroatoms. The normalized spacial score (nSPS) is 11.5. The summed E-state index contributed by atoms with van der Waals surface area (Å²) in [4.78, 5) is 23.0. The second-order valence-electron chi connectivity index (χ2n) is 7.86. The summed E-state index contributed by atoms with van der Waals surface area (Å²) in [5, 5.41) is 13.4. The fourth-order valence-corrected chi connectivity index (χ4v) is 3.32. The first-order chi connectivity index (χ1) is 15.9. The molecule has 0 saturated heterocycles. The predicted molar refractivity (Wildman–Crippen MR) is 129 cm³/mol. The molecule has 33 heavy (non-hydrogen) atoms. The predicted octanol–water partition coefficient (Wildman–Crippen LogP) is 4.05. The smallest absolute Gasteiger partial charge is 0.307 e. The van der Waals surface area contributed by atoms with E-state index in [9.17, 15) is 4.79 Å². The Kier molecular flexibility index (Phi) is 8.55. The molecule has 1 aromatic heterocycles. The van der Waals surface area contributed by atoms with Crippen LogP contribution in [0.1, 0.15) is 16.7 Å². The third kappa shape index (κ3) is 7.15. The van der Waals surface area contributed by atoms with E-state index in [-0.39, 0.29) is 13.0 Å². The summed E-state index contributed by atoms with van der Waals surface area (Å²) in [6.07, 6.45) is 1.75. The van der Waals surface area contributed by atoms with Crippen molar-refractivity contribution >= 4 is 11.7 Å². The van der Waals surface area contributed by atoms with Crippen LogP contribution >= 0.6 is 0 Å². The second-order valence-corrected chi connectivity index (χ2v) is 7.86. The third-order valence-electron chi connectivity index (χ3n) is 4.99. The number of oxime groups is 1. The van der Waals surface area contributed by atoms with E-state index >= 15 is 0 Å². The lowest BCUT2D eigenvalue weighted by Crippen LogP contribution is -2.23. The maximum Gasteiger partial charge on any atom is 0.307 e. The van der Waals surface area contributed by atoms with Crippen molar-refractivity contribution in [3.8, 4) is 17.0 Å². The molecule has 1 N–H and O–H groups in total. The zero-order chi connectivity index (χ0) is 23.6. The van der Waals surface area contributed by atoms with Gasteiger partial charge < -0.3 is 19.6 Å². The number of aromatic nitrogens is 1. The number of carbonyl (C=O) groups is 1. The van der Waals surface area contributed by atoms with Gasteiger partial charge in [0.2, 0.25) is 0 Å². The Morgan fingerprint density at radius 2 is 1.82 bits per heavy atom. The van der Waals surface area contributed by atoms with Crippen molar-refractivity contribution < 1.29 is 19.5 Å². The van der Waals surface area contributed by atoms with Gasteiger partial charge in [-0.15, -0.1) is 0 Å². The Labute approximate surface area is 194 Å². The molecule has 3 aromatic rings. The molecule has 3 rings (SSSR count). The number of hydrogen-bond acceptors (Lipinski definition) is 6. The average molecular weight is 448 g/mol. The lowest BCUT2D eigenvalue weighted by molar-refractivity contribution is -0.136. The molecular formula is C26H29N3O4. The largest absolute Gasteiger partial charge is 0.490 e. The zero-order valence-corrected chi connectivity index (χ0v) is 19.2. The first kappa shape index (κ1) is 23.9. The van der Waals surface area contributed by atoms with E-state index in [0.29, 0.717) is 18.9 Å². The van der Waals surface area contributed by atoms with Crippen LogP contribution in [-0.4, -0.2) is 60.5 Å². The minimum Gasteiger partial charge on any atom is -0.490 e. The van der Waals surface area contributed by atoms with Crippen LogP contribution in [0, 0.1) is 6.92 Å². The number of hydrogen-bond donors (Lipinski definition) is 1. The molecule has 0 atom stereocenters. The standard InChI is InChI=1S/C26H29N3O4/c1-19-22(17-26(30)31)7-6-9-25(19)32-15-16-33-28-24(18-29(2)3)21-12-10-20(11-13-21)23-8-4-5-14-27-23/h4-14H,15-18H2,1-3H3,(H,30,31)/b28-24+. The van der Waals surface area contributed by atoms with Gasteiger partial charge in [-0.25, -0.2) is 0 Å². The fraction of sp³-hybridized carbons (Fsp3) is 0.269. The molecule has 0 bridgehead atoms. The van der Waals surface area contributed by atoms with Gasteiger partial charge in [0.1, 0.15) is 18.1 Å². The molecule has 0 saturated carbocycles. The Bertz CT molecular complexity index is 1080. The SMILES string of the molecule is Cc1c(CC(=O)O)cccc1OCCO/N=C(\CN(C)C)c1ccc(-c2ccccn2)cc1. The first-order valence-corrected chi connectivity index (χ1v) is 10.7. The van der Waals surface area contributed by atoms with Gasteiger partial charge in [-0.05, 0) is 50.3 Å². The Hall–Kier alpha value is -3.71. The summed E-state index contributed by atoms with van der Waals surface area (Å²) in [6.45, 7) is 3.05. The highest BCUT2D eigenvalue weighted by molar-refractivity contribution is 6.02. The Morgan fingerprint density at radius 1 is 1.03 bits per heavy atom. The molecular weight excluding hydrogens is 418 g/mol. The van der Waals surface area contributed by atoms with Crippen molar-refractivity contribution in [2.24, 2.45) is 5.16 Å². The summed E-state index contributed by atoms with van der Waals surface area (Å²) in [5.41, 5.74) is 5.31. The second kappa shape index (κ2) is 11.8. The van der Waals surface area contributed by atoms with Crippen LogP contribution in [0.4, 0.5) is 0 Å². The zero-order valence-electron chi connectivity index (χ0n) is 19.2. The molecule has 0 aliphatic rings. The van der Waals surface area contributed by atoms with Crippen molar-refractivity contribution in [1.82, 2.24) is 9.88 Å². The summed E-state index contributed by atoms with van der Waals surface area (Å²) >= 11 is 0. The Morgan fingerprint density at radius 3 is 2.48 bits per heavy atom. The summed E-state index contributed by atoms with van der Waals surface area (Å²) in [6, 6.07) is 19.3. The number of aliphatic carboxylic acids is 1. The molecule has 2 aromatic carbocycles. The lowest BCUT2D eigenvalue weighted by Gasteiger charge is -2.14. The highest BCUT2D eigenvalue weighted by atomic mass is 16.6. The van der Waals surface area contributed by atoms with Crippen LogP contribution in [0.15, 0.2) is 72.0 Å². The maximum absolute atomic E-state index is 11.0. The van der Waals surface area contributed by atoms with E-state index < -0.39 is 5.97 Å². The quantitative estimate of drug-likeness (QED) is 0.271. The highest BCUT2D eigenvalue weighted by Crippen LogP contribution is 2.22. The molecule has 0 fully saturated rings. The van der Waals surface area contributed by atoms with Crippen LogP contribution < -0.4 is 4.74 Å². The van der Waals surface area contributed by atoms with Gasteiger partial charge in [0.15, 0.2) is 6.61 Å². The summed E-state index contributed by atoms with van der Waals surface area (Å²) in [5.74, 6) is -0.214. The van der Waals surface area contributed by atoms with Crippen molar-refractivity contribution in [3.63, 3.8) is 0 Å². The van der Waals surface area contributed by atoms with Gasteiger partial charge in [0.05, 0.1) is 12.1 Å². The maximum atomic E-state index is 11.0. The van der Waals surface area contributed by atoms with Crippen LogP contribution in [0.25, 0.3) is 11.3 Å². The highest BCUT2D eigenvalue weighted by Gasteiger charge is 2.10. The molecule has 172 valence electrons. The van der Waals surface area contributed by atoms with Gasteiger partial charge >= 0.3 is 5.97 Å².